The van der Waals surface area contributed by atoms with Gasteiger partial charge in [0.1, 0.15) is 5.69 Å². The van der Waals surface area contributed by atoms with Crippen molar-refractivity contribution in [2.45, 2.75) is 39.3 Å². The second-order valence-corrected chi connectivity index (χ2v) is 7.19. The van der Waals surface area contributed by atoms with Crippen LogP contribution in [0.3, 0.4) is 0 Å². The molecule has 27 heavy (non-hydrogen) atoms. The van der Waals surface area contributed by atoms with E-state index in [0.29, 0.717) is 23.7 Å². The van der Waals surface area contributed by atoms with E-state index in [-0.39, 0.29) is 0 Å². The monoisotopic (exact) mass is 368 g/mol. The molecule has 1 unspecified atom stereocenters. The summed E-state index contributed by atoms with van der Waals surface area (Å²) in [6.45, 7) is 8.20. The fraction of sp³-hybridized carbons (Fsp3) is 0.421. The maximum absolute atomic E-state index is 5.96. The number of nitrogens with zero attached hydrogens (tertiary/aromatic N) is 4. The molecular weight excluding hydrogens is 340 g/mol. The molecule has 1 saturated heterocycles. The number of benzene rings is 1. The summed E-state index contributed by atoms with van der Waals surface area (Å²) in [4.78, 5) is 6.72. The minimum Gasteiger partial charge on any atom is -0.397 e. The summed E-state index contributed by atoms with van der Waals surface area (Å²) in [6.07, 6.45) is 4.44. The molecule has 1 atom stereocenters. The fourth-order valence-electron chi connectivity index (χ4n) is 3.39. The predicted octanol–water partition coefficient (Wildman–Crippen LogP) is 1.14. The van der Waals surface area contributed by atoms with Crippen molar-refractivity contribution in [1.82, 2.24) is 25.9 Å². The second-order valence-electron chi connectivity index (χ2n) is 7.19. The highest BCUT2D eigenvalue weighted by Gasteiger charge is 2.24. The summed E-state index contributed by atoms with van der Waals surface area (Å²) in [7, 11) is 0. The predicted molar refractivity (Wildman–Crippen MR) is 108 cm³/mol. The second kappa shape index (κ2) is 8.32. The van der Waals surface area contributed by atoms with Crippen LogP contribution in [0.15, 0.2) is 30.6 Å². The van der Waals surface area contributed by atoms with Crippen LogP contribution in [0.2, 0.25) is 0 Å². The van der Waals surface area contributed by atoms with Gasteiger partial charge in [-0.1, -0.05) is 26.0 Å². The number of hydrogen-bond acceptors (Lipinski definition) is 8. The van der Waals surface area contributed by atoms with Crippen molar-refractivity contribution in [1.29, 1.82) is 0 Å². The first-order valence-electron chi connectivity index (χ1n) is 9.22. The van der Waals surface area contributed by atoms with E-state index in [0.717, 1.165) is 41.9 Å². The van der Waals surface area contributed by atoms with Gasteiger partial charge in [0.05, 0.1) is 11.9 Å². The van der Waals surface area contributed by atoms with E-state index < -0.39 is 0 Å². The number of nitrogens with two attached hydrogens (primary N) is 2. The molecule has 2 heterocycles. The summed E-state index contributed by atoms with van der Waals surface area (Å²) in [5.74, 6) is 5.97. The van der Waals surface area contributed by atoms with Crippen molar-refractivity contribution in [3.8, 4) is 11.3 Å². The van der Waals surface area contributed by atoms with E-state index >= 15 is 0 Å². The minimum absolute atomic E-state index is 0.476. The molecule has 1 aromatic carbocycles. The standard InChI is InChI=1S/C19H28N8/c1-12(2)24-15-6-7-27(11-15)19-22-10-18(25-26-19)16-5-4-14(8-13(16)3)17(20)9-23-21/h4-5,8-10,12,15,23-24H,6-7,11,20-21H2,1-3H3/b17-9-. The lowest BCUT2D eigenvalue weighted by Crippen LogP contribution is -2.37. The number of aromatic nitrogens is 3. The van der Waals surface area contributed by atoms with E-state index in [9.17, 15) is 0 Å². The molecule has 2 aromatic rings. The number of nitrogens with one attached hydrogen (secondary N) is 2. The van der Waals surface area contributed by atoms with Crippen LogP contribution in [0, 0.1) is 6.92 Å². The molecule has 0 spiro atoms. The van der Waals surface area contributed by atoms with Crippen LogP contribution in [0.5, 0.6) is 0 Å². The van der Waals surface area contributed by atoms with Crippen molar-refractivity contribution in [3.05, 3.63) is 41.7 Å². The SMILES string of the molecule is Cc1cc(/C(N)=C/NN)ccc1-c1cnc(N2CCC(NC(C)C)C2)nn1. The lowest BCUT2D eigenvalue weighted by atomic mass is 10.0. The van der Waals surface area contributed by atoms with Gasteiger partial charge in [-0.15, -0.1) is 10.2 Å². The number of hydrogen-bond donors (Lipinski definition) is 4. The topological polar surface area (TPSA) is 118 Å². The van der Waals surface area contributed by atoms with Gasteiger partial charge in [-0.25, -0.2) is 4.98 Å². The van der Waals surface area contributed by atoms with Gasteiger partial charge in [-0.2, -0.15) is 0 Å². The Kier molecular flexibility index (Phi) is 5.88. The Bertz CT molecular complexity index is 800. The Labute approximate surface area is 160 Å². The molecular formula is C19H28N8. The van der Waals surface area contributed by atoms with E-state index in [1.165, 1.54) is 0 Å². The quantitative estimate of drug-likeness (QED) is 0.443. The van der Waals surface area contributed by atoms with Crippen molar-refractivity contribution < 1.29 is 0 Å². The summed E-state index contributed by atoms with van der Waals surface area (Å²) in [5, 5.41) is 12.3. The minimum atomic E-state index is 0.476. The Morgan fingerprint density at radius 1 is 1.33 bits per heavy atom. The van der Waals surface area contributed by atoms with Crippen LogP contribution >= 0.6 is 0 Å². The molecule has 0 radical (unpaired) electrons. The van der Waals surface area contributed by atoms with Crippen molar-refractivity contribution >= 4 is 11.6 Å². The molecule has 0 aliphatic carbocycles. The molecule has 0 amide bonds. The first-order valence-corrected chi connectivity index (χ1v) is 9.22. The van der Waals surface area contributed by atoms with Gasteiger partial charge in [0, 0.05) is 36.9 Å². The van der Waals surface area contributed by atoms with Crippen LogP contribution in [-0.2, 0) is 0 Å². The van der Waals surface area contributed by atoms with E-state index in [1.807, 2.05) is 25.1 Å². The third-order valence-electron chi connectivity index (χ3n) is 4.66. The van der Waals surface area contributed by atoms with Crippen LogP contribution in [-0.4, -0.2) is 40.4 Å². The number of anilines is 1. The highest BCUT2D eigenvalue weighted by molar-refractivity contribution is 5.69. The summed E-state index contributed by atoms with van der Waals surface area (Å²) < 4.78 is 0. The highest BCUT2D eigenvalue weighted by atomic mass is 15.3. The maximum Gasteiger partial charge on any atom is 0.245 e. The fourth-order valence-corrected chi connectivity index (χ4v) is 3.39. The molecule has 1 fully saturated rings. The Morgan fingerprint density at radius 2 is 2.15 bits per heavy atom. The van der Waals surface area contributed by atoms with Gasteiger partial charge in [0.25, 0.3) is 0 Å². The first-order chi connectivity index (χ1) is 13.0. The molecule has 6 N–H and O–H groups in total. The molecule has 8 nitrogen and oxygen atoms in total. The molecule has 144 valence electrons. The van der Waals surface area contributed by atoms with Crippen LogP contribution < -0.4 is 27.2 Å². The number of hydrazine groups is 1. The zero-order valence-corrected chi connectivity index (χ0v) is 16.1. The van der Waals surface area contributed by atoms with Crippen LogP contribution in [0.4, 0.5) is 5.95 Å². The summed E-state index contributed by atoms with van der Waals surface area (Å²) in [5.41, 5.74) is 12.7. The van der Waals surface area contributed by atoms with E-state index in [1.54, 1.807) is 12.4 Å². The summed E-state index contributed by atoms with van der Waals surface area (Å²) in [6, 6.07) is 6.86. The van der Waals surface area contributed by atoms with Crippen molar-refractivity contribution in [2.24, 2.45) is 11.6 Å². The van der Waals surface area contributed by atoms with Crippen LogP contribution in [0.1, 0.15) is 31.4 Å². The summed E-state index contributed by atoms with van der Waals surface area (Å²) >= 11 is 0. The van der Waals surface area contributed by atoms with Gasteiger partial charge < -0.3 is 21.4 Å². The van der Waals surface area contributed by atoms with Gasteiger partial charge >= 0.3 is 0 Å². The number of rotatable bonds is 6. The third-order valence-corrected chi connectivity index (χ3v) is 4.66. The largest absolute Gasteiger partial charge is 0.397 e. The van der Waals surface area contributed by atoms with E-state index in [2.05, 4.69) is 44.7 Å². The average Bonchev–Trinajstić information content (AvgIpc) is 3.10. The van der Waals surface area contributed by atoms with Crippen LogP contribution in [0.25, 0.3) is 17.0 Å². The lowest BCUT2D eigenvalue weighted by molar-refractivity contribution is 0.491. The average molecular weight is 368 g/mol. The van der Waals surface area contributed by atoms with Gasteiger partial charge in [-0.05, 0) is 30.5 Å². The normalized spacial score (nSPS) is 17.6. The molecule has 3 rings (SSSR count). The molecule has 1 aliphatic rings. The molecule has 1 aromatic heterocycles. The maximum atomic E-state index is 5.96. The molecule has 8 heteroatoms. The first kappa shape index (κ1) is 19.1. The Morgan fingerprint density at radius 3 is 2.78 bits per heavy atom. The zero-order chi connectivity index (χ0) is 19.4. The van der Waals surface area contributed by atoms with Gasteiger partial charge in [0.2, 0.25) is 5.95 Å². The van der Waals surface area contributed by atoms with Gasteiger partial charge in [-0.3, -0.25) is 5.84 Å². The lowest BCUT2D eigenvalue weighted by Gasteiger charge is -2.18. The van der Waals surface area contributed by atoms with Crippen molar-refractivity contribution in [3.63, 3.8) is 0 Å². The Balaban J connectivity index is 1.73. The smallest absolute Gasteiger partial charge is 0.245 e. The zero-order valence-electron chi connectivity index (χ0n) is 16.1. The number of aryl methyl sites for hydroxylation is 1. The molecule has 0 bridgehead atoms. The third kappa shape index (κ3) is 4.53. The van der Waals surface area contributed by atoms with Gasteiger partial charge in [0.15, 0.2) is 0 Å². The highest BCUT2D eigenvalue weighted by Crippen LogP contribution is 2.24. The molecule has 0 saturated carbocycles. The van der Waals surface area contributed by atoms with E-state index in [4.69, 9.17) is 11.6 Å². The van der Waals surface area contributed by atoms with Crippen molar-refractivity contribution in [2.75, 3.05) is 18.0 Å². The Hall–Kier alpha value is -2.71. The molecule has 1 aliphatic heterocycles.